The standard InChI is InChI=1S/C19H17ClFN3O/c1-12-16(13(2)24(23-12)15-6-4-3-5-7-15)11-19(25)22-18-9-8-14(21)10-17(18)20/h3-10H,11H2,1-2H3,(H,22,25). The third-order valence-corrected chi connectivity index (χ3v) is 4.30. The van der Waals surface area contributed by atoms with Crippen LogP contribution in [0.5, 0.6) is 0 Å². The van der Waals surface area contributed by atoms with E-state index < -0.39 is 5.82 Å². The highest BCUT2D eigenvalue weighted by molar-refractivity contribution is 6.33. The minimum Gasteiger partial charge on any atom is -0.324 e. The van der Waals surface area contributed by atoms with E-state index in [4.69, 9.17) is 11.6 Å². The molecule has 25 heavy (non-hydrogen) atoms. The molecule has 0 aliphatic rings. The van der Waals surface area contributed by atoms with Crippen LogP contribution in [0.15, 0.2) is 48.5 Å². The normalized spacial score (nSPS) is 10.7. The van der Waals surface area contributed by atoms with Crippen LogP contribution in [0.1, 0.15) is 17.0 Å². The first-order valence-electron chi connectivity index (χ1n) is 7.81. The van der Waals surface area contributed by atoms with Gasteiger partial charge in [0.25, 0.3) is 0 Å². The molecule has 1 heterocycles. The van der Waals surface area contributed by atoms with E-state index in [1.165, 1.54) is 18.2 Å². The van der Waals surface area contributed by atoms with Gasteiger partial charge in [0.15, 0.2) is 0 Å². The van der Waals surface area contributed by atoms with Crippen LogP contribution >= 0.6 is 11.6 Å². The number of hydrogen-bond acceptors (Lipinski definition) is 2. The number of amides is 1. The van der Waals surface area contributed by atoms with E-state index >= 15 is 0 Å². The van der Waals surface area contributed by atoms with Crippen molar-refractivity contribution in [2.75, 3.05) is 5.32 Å². The molecule has 6 heteroatoms. The Kier molecular flexibility index (Phi) is 4.86. The van der Waals surface area contributed by atoms with Crippen molar-refractivity contribution in [1.82, 2.24) is 9.78 Å². The average molecular weight is 358 g/mol. The molecule has 1 N–H and O–H groups in total. The number of anilines is 1. The third-order valence-electron chi connectivity index (χ3n) is 3.98. The lowest BCUT2D eigenvalue weighted by Gasteiger charge is -2.08. The number of nitrogens with one attached hydrogen (secondary N) is 1. The number of nitrogens with zero attached hydrogens (tertiary/aromatic N) is 2. The van der Waals surface area contributed by atoms with E-state index in [1.807, 2.05) is 48.9 Å². The number of carbonyl (C=O) groups excluding carboxylic acids is 1. The molecule has 3 aromatic rings. The molecule has 0 fully saturated rings. The van der Waals surface area contributed by atoms with Gasteiger partial charge in [0.2, 0.25) is 5.91 Å². The number of hydrogen-bond donors (Lipinski definition) is 1. The van der Waals surface area contributed by atoms with Gasteiger partial charge in [-0.1, -0.05) is 29.8 Å². The third kappa shape index (κ3) is 3.72. The zero-order valence-electron chi connectivity index (χ0n) is 13.9. The Morgan fingerprint density at radius 2 is 1.92 bits per heavy atom. The van der Waals surface area contributed by atoms with Crippen molar-refractivity contribution >= 4 is 23.2 Å². The largest absolute Gasteiger partial charge is 0.324 e. The summed E-state index contributed by atoms with van der Waals surface area (Å²) < 4.78 is 14.9. The molecule has 3 rings (SSSR count). The summed E-state index contributed by atoms with van der Waals surface area (Å²) >= 11 is 5.95. The van der Waals surface area contributed by atoms with Crippen molar-refractivity contribution in [3.63, 3.8) is 0 Å². The number of aryl methyl sites for hydroxylation is 1. The second kappa shape index (κ2) is 7.07. The van der Waals surface area contributed by atoms with Gasteiger partial charge in [-0.25, -0.2) is 9.07 Å². The molecule has 0 unspecified atom stereocenters. The minimum absolute atomic E-state index is 0.165. The maximum atomic E-state index is 13.1. The monoisotopic (exact) mass is 357 g/mol. The van der Waals surface area contributed by atoms with Crippen LogP contribution in [0, 0.1) is 19.7 Å². The number of rotatable bonds is 4. The fourth-order valence-electron chi connectivity index (χ4n) is 2.70. The molecule has 4 nitrogen and oxygen atoms in total. The van der Waals surface area contributed by atoms with Crippen LogP contribution in [0.2, 0.25) is 5.02 Å². The van der Waals surface area contributed by atoms with E-state index in [-0.39, 0.29) is 17.4 Å². The number of halogens is 2. The van der Waals surface area contributed by atoms with Gasteiger partial charge in [-0.15, -0.1) is 0 Å². The fraction of sp³-hybridized carbons (Fsp3) is 0.158. The van der Waals surface area contributed by atoms with Gasteiger partial charge < -0.3 is 5.32 Å². The van der Waals surface area contributed by atoms with Crippen molar-refractivity contribution in [1.29, 1.82) is 0 Å². The molecule has 0 radical (unpaired) electrons. The SMILES string of the molecule is Cc1nn(-c2ccccc2)c(C)c1CC(=O)Nc1ccc(F)cc1Cl. The number of carbonyl (C=O) groups is 1. The maximum Gasteiger partial charge on any atom is 0.228 e. The lowest BCUT2D eigenvalue weighted by molar-refractivity contribution is -0.115. The van der Waals surface area contributed by atoms with Crippen molar-refractivity contribution in [2.24, 2.45) is 0 Å². The van der Waals surface area contributed by atoms with Crippen LogP contribution in [0.4, 0.5) is 10.1 Å². The van der Waals surface area contributed by atoms with E-state index in [2.05, 4.69) is 10.4 Å². The first-order valence-corrected chi connectivity index (χ1v) is 8.19. The summed E-state index contributed by atoms with van der Waals surface area (Å²) in [7, 11) is 0. The lowest BCUT2D eigenvalue weighted by Crippen LogP contribution is -2.15. The second-order valence-corrected chi connectivity index (χ2v) is 6.15. The van der Waals surface area contributed by atoms with Gasteiger partial charge in [0.1, 0.15) is 5.82 Å². The molecular weight excluding hydrogens is 341 g/mol. The zero-order valence-corrected chi connectivity index (χ0v) is 14.6. The van der Waals surface area contributed by atoms with Gasteiger partial charge >= 0.3 is 0 Å². The summed E-state index contributed by atoms with van der Waals surface area (Å²) in [5.41, 5.74) is 3.89. The minimum atomic E-state index is -0.446. The predicted octanol–water partition coefficient (Wildman–Crippen LogP) is 4.46. The van der Waals surface area contributed by atoms with E-state index in [9.17, 15) is 9.18 Å². The molecular formula is C19H17ClFN3O. The topological polar surface area (TPSA) is 46.9 Å². The highest BCUT2D eigenvalue weighted by Gasteiger charge is 2.16. The molecule has 1 amide bonds. The van der Waals surface area contributed by atoms with Gasteiger partial charge in [0, 0.05) is 11.3 Å². The predicted molar refractivity (Wildman–Crippen MR) is 96.8 cm³/mol. The van der Waals surface area contributed by atoms with Crippen LogP contribution in [0.3, 0.4) is 0 Å². The Morgan fingerprint density at radius 3 is 2.60 bits per heavy atom. The maximum absolute atomic E-state index is 13.1. The van der Waals surface area contributed by atoms with Crippen molar-refractivity contribution in [2.45, 2.75) is 20.3 Å². The molecule has 0 spiro atoms. The molecule has 0 bridgehead atoms. The summed E-state index contributed by atoms with van der Waals surface area (Å²) in [4.78, 5) is 12.4. The van der Waals surface area contributed by atoms with Gasteiger partial charge in [-0.2, -0.15) is 5.10 Å². The first-order chi connectivity index (χ1) is 12.0. The lowest BCUT2D eigenvalue weighted by atomic mass is 10.1. The molecule has 1 aromatic heterocycles. The van der Waals surface area contributed by atoms with Crippen molar-refractivity contribution in [3.8, 4) is 5.69 Å². The summed E-state index contributed by atoms with van der Waals surface area (Å²) in [6.45, 7) is 3.81. The molecule has 0 aliphatic carbocycles. The summed E-state index contributed by atoms with van der Waals surface area (Å²) in [5, 5.41) is 7.41. The molecule has 0 aliphatic heterocycles. The van der Waals surface area contributed by atoms with E-state index in [0.717, 1.165) is 22.6 Å². The highest BCUT2D eigenvalue weighted by Crippen LogP contribution is 2.23. The molecule has 0 saturated heterocycles. The average Bonchev–Trinajstić information content (AvgIpc) is 2.86. The van der Waals surface area contributed by atoms with Gasteiger partial charge in [-0.05, 0) is 44.2 Å². The van der Waals surface area contributed by atoms with Crippen LogP contribution in [-0.4, -0.2) is 15.7 Å². The van der Waals surface area contributed by atoms with E-state index in [1.54, 1.807) is 0 Å². The Morgan fingerprint density at radius 1 is 1.20 bits per heavy atom. The summed E-state index contributed by atoms with van der Waals surface area (Å²) in [6.07, 6.45) is 0.165. The molecule has 0 atom stereocenters. The fourth-order valence-corrected chi connectivity index (χ4v) is 2.91. The first kappa shape index (κ1) is 17.2. The smallest absolute Gasteiger partial charge is 0.228 e. The van der Waals surface area contributed by atoms with Crippen LogP contribution in [0.25, 0.3) is 5.69 Å². The van der Waals surface area contributed by atoms with Gasteiger partial charge in [-0.3, -0.25) is 4.79 Å². The van der Waals surface area contributed by atoms with Crippen LogP contribution in [-0.2, 0) is 11.2 Å². The van der Waals surface area contributed by atoms with Crippen LogP contribution < -0.4 is 5.32 Å². The quantitative estimate of drug-likeness (QED) is 0.749. The van der Waals surface area contributed by atoms with Gasteiger partial charge in [0.05, 0.1) is 28.5 Å². The Labute approximate surface area is 150 Å². The Bertz CT molecular complexity index is 922. The summed E-state index contributed by atoms with van der Waals surface area (Å²) in [6, 6.07) is 13.6. The molecule has 128 valence electrons. The highest BCUT2D eigenvalue weighted by atomic mass is 35.5. The van der Waals surface area contributed by atoms with E-state index in [0.29, 0.717) is 5.69 Å². The Balaban J connectivity index is 1.81. The van der Waals surface area contributed by atoms with Crippen molar-refractivity contribution < 1.29 is 9.18 Å². The summed E-state index contributed by atoms with van der Waals surface area (Å²) in [5.74, 6) is -0.675. The Hall–Kier alpha value is -2.66. The second-order valence-electron chi connectivity index (χ2n) is 5.75. The van der Waals surface area contributed by atoms with Crippen molar-refractivity contribution in [3.05, 3.63) is 76.3 Å². The number of aromatic nitrogens is 2. The number of benzene rings is 2. The number of para-hydroxylation sites is 1. The molecule has 0 saturated carbocycles. The molecule has 2 aromatic carbocycles. The zero-order chi connectivity index (χ0) is 18.0.